The van der Waals surface area contributed by atoms with Gasteiger partial charge in [0, 0.05) is 37.6 Å². The Bertz CT molecular complexity index is 655. The molecule has 0 aliphatic carbocycles. The highest BCUT2D eigenvalue weighted by atomic mass is 16.5. The Hall–Kier alpha value is -2.53. The van der Waals surface area contributed by atoms with Crippen molar-refractivity contribution in [3.8, 4) is 0 Å². The van der Waals surface area contributed by atoms with Gasteiger partial charge in [0.15, 0.2) is 0 Å². The van der Waals surface area contributed by atoms with Crippen LogP contribution in [0.2, 0.25) is 0 Å². The Balaban J connectivity index is 1.25. The molecule has 3 rings (SSSR count). The average molecular weight is 353 g/mol. The molecule has 1 N–H and O–H groups in total. The summed E-state index contributed by atoms with van der Waals surface area (Å²) in [6, 6.07) is 20.0. The van der Waals surface area contributed by atoms with E-state index < -0.39 is 0 Å². The summed E-state index contributed by atoms with van der Waals surface area (Å²) < 4.78 is 5.23. The highest BCUT2D eigenvalue weighted by molar-refractivity contribution is 5.84. The molecular formula is C21H27N3O2. The summed E-state index contributed by atoms with van der Waals surface area (Å²) in [7, 11) is 0. The summed E-state index contributed by atoms with van der Waals surface area (Å²) in [5.41, 5.74) is 2.07. The fourth-order valence-corrected chi connectivity index (χ4v) is 3.15. The summed E-state index contributed by atoms with van der Waals surface area (Å²) in [6.07, 6.45) is 1.55. The topological polar surface area (TPSA) is 44.8 Å². The van der Waals surface area contributed by atoms with Crippen LogP contribution in [-0.2, 0) is 4.74 Å². The van der Waals surface area contributed by atoms with E-state index in [0.29, 0.717) is 6.61 Å². The molecule has 0 unspecified atom stereocenters. The largest absolute Gasteiger partial charge is 0.449 e. The third-order valence-corrected chi connectivity index (χ3v) is 4.62. The lowest BCUT2D eigenvalue weighted by Gasteiger charge is -2.36. The molecule has 2 aromatic carbocycles. The van der Waals surface area contributed by atoms with Gasteiger partial charge in [0.25, 0.3) is 0 Å². The van der Waals surface area contributed by atoms with Gasteiger partial charge in [-0.3, -0.25) is 10.2 Å². The van der Waals surface area contributed by atoms with Crippen LogP contribution in [0, 0.1) is 0 Å². The van der Waals surface area contributed by atoms with Crippen molar-refractivity contribution in [1.82, 2.24) is 4.90 Å². The van der Waals surface area contributed by atoms with Crippen LogP contribution in [0.3, 0.4) is 0 Å². The van der Waals surface area contributed by atoms with Gasteiger partial charge in [-0.1, -0.05) is 36.4 Å². The van der Waals surface area contributed by atoms with Crippen LogP contribution in [0.25, 0.3) is 0 Å². The highest BCUT2D eigenvalue weighted by Gasteiger charge is 2.16. The second-order valence-corrected chi connectivity index (χ2v) is 6.50. The van der Waals surface area contributed by atoms with Gasteiger partial charge in [0.1, 0.15) is 0 Å². The van der Waals surface area contributed by atoms with Crippen LogP contribution in [0.5, 0.6) is 0 Å². The fourth-order valence-electron chi connectivity index (χ4n) is 3.15. The van der Waals surface area contributed by atoms with Crippen molar-refractivity contribution in [2.45, 2.75) is 12.8 Å². The predicted octanol–water partition coefficient (Wildman–Crippen LogP) is 3.84. The van der Waals surface area contributed by atoms with Crippen LogP contribution in [0.15, 0.2) is 60.7 Å². The van der Waals surface area contributed by atoms with E-state index in [1.807, 2.05) is 30.3 Å². The van der Waals surface area contributed by atoms with Crippen LogP contribution in [0.1, 0.15) is 12.8 Å². The third kappa shape index (κ3) is 5.77. The molecule has 0 radical (unpaired) electrons. The number of nitrogens with one attached hydrogen (secondary N) is 1. The van der Waals surface area contributed by atoms with Crippen molar-refractivity contribution < 1.29 is 9.53 Å². The van der Waals surface area contributed by atoms with Gasteiger partial charge in [-0.25, -0.2) is 4.79 Å². The van der Waals surface area contributed by atoms with E-state index in [0.717, 1.165) is 51.3 Å². The zero-order valence-electron chi connectivity index (χ0n) is 15.1. The number of carbonyl (C=O) groups is 1. The first-order chi connectivity index (χ1) is 12.8. The number of anilines is 2. The van der Waals surface area contributed by atoms with Gasteiger partial charge >= 0.3 is 6.09 Å². The van der Waals surface area contributed by atoms with Crippen LogP contribution in [0.4, 0.5) is 16.2 Å². The third-order valence-electron chi connectivity index (χ3n) is 4.62. The maximum atomic E-state index is 11.7. The van der Waals surface area contributed by atoms with E-state index >= 15 is 0 Å². The molecule has 0 aromatic heterocycles. The van der Waals surface area contributed by atoms with Gasteiger partial charge in [-0.15, -0.1) is 0 Å². The SMILES string of the molecule is O=C(Nc1ccccc1)OCCCCN1CCN(c2ccccc2)CC1. The van der Waals surface area contributed by atoms with E-state index in [1.165, 1.54) is 5.69 Å². The van der Waals surface area contributed by atoms with E-state index in [1.54, 1.807) is 0 Å². The summed E-state index contributed by atoms with van der Waals surface area (Å²) in [5.74, 6) is 0. The molecule has 1 saturated heterocycles. The van der Waals surface area contributed by atoms with Gasteiger partial charge in [0.05, 0.1) is 6.61 Å². The number of nitrogens with zero attached hydrogens (tertiary/aromatic N) is 2. The first kappa shape index (κ1) is 18.3. The number of piperazine rings is 1. The number of benzene rings is 2. The van der Waals surface area contributed by atoms with Crippen LogP contribution >= 0.6 is 0 Å². The standard InChI is InChI=1S/C21H27N3O2/c25-21(22-19-9-3-1-4-10-19)26-18-8-7-13-23-14-16-24(17-15-23)20-11-5-2-6-12-20/h1-6,9-12H,7-8,13-18H2,(H,22,25). The minimum atomic E-state index is -0.382. The quantitative estimate of drug-likeness (QED) is 0.768. The van der Waals surface area contributed by atoms with E-state index in [9.17, 15) is 4.79 Å². The Labute approximate surface area is 155 Å². The maximum absolute atomic E-state index is 11.7. The molecule has 1 aliphatic rings. The average Bonchev–Trinajstić information content (AvgIpc) is 2.70. The molecule has 0 atom stereocenters. The molecule has 26 heavy (non-hydrogen) atoms. The number of para-hydroxylation sites is 2. The summed E-state index contributed by atoms with van der Waals surface area (Å²) in [5, 5.41) is 2.73. The molecule has 5 nitrogen and oxygen atoms in total. The van der Waals surface area contributed by atoms with Crippen molar-refractivity contribution in [3.05, 3.63) is 60.7 Å². The first-order valence-corrected chi connectivity index (χ1v) is 9.32. The molecule has 0 bridgehead atoms. The summed E-state index contributed by atoms with van der Waals surface area (Å²) >= 11 is 0. The fraction of sp³-hybridized carbons (Fsp3) is 0.381. The number of hydrogen-bond acceptors (Lipinski definition) is 4. The molecular weight excluding hydrogens is 326 g/mol. The zero-order valence-corrected chi connectivity index (χ0v) is 15.1. The Kier molecular flexibility index (Phi) is 6.90. The number of hydrogen-bond donors (Lipinski definition) is 1. The van der Waals surface area contributed by atoms with Crippen molar-refractivity contribution in [2.24, 2.45) is 0 Å². The number of carbonyl (C=O) groups excluding carboxylic acids is 1. The van der Waals surface area contributed by atoms with E-state index in [2.05, 4.69) is 45.4 Å². The molecule has 1 amide bonds. The molecule has 1 heterocycles. The number of ether oxygens (including phenoxy) is 1. The Morgan fingerprint density at radius 3 is 2.23 bits per heavy atom. The van der Waals surface area contributed by atoms with Gasteiger partial charge in [0.2, 0.25) is 0 Å². The van der Waals surface area contributed by atoms with Gasteiger partial charge in [-0.2, -0.15) is 0 Å². The first-order valence-electron chi connectivity index (χ1n) is 9.32. The molecule has 5 heteroatoms. The molecule has 138 valence electrons. The molecule has 2 aromatic rings. The molecule has 0 spiro atoms. The maximum Gasteiger partial charge on any atom is 0.411 e. The van der Waals surface area contributed by atoms with Gasteiger partial charge < -0.3 is 9.64 Å². The van der Waals surface area contributed by atoms with Crippen molar-refractivity contribution >= 4 is 17.5 Å². The molecule has 0 saturated carbocycles. The zero-order chi connectivity index (χ0) is 18.0. The normalized spacial score (nSPS) is 14.8. The minimum Gasteiger partial charge on any atom is -0.449 e. The highest BCUT2D eigenvalue weighted by Crippen LogP contribution is 2.15. The number of amides is 1. The van der Waals surface area contributed by atoms with Crippen molar-refractivity contribution in [1.29, 1.82) is 0 Å². The van der Waals surface area contributed by atoms with E-state index in [-0.39, 0.29) is 6.09 Å². The Morgan fingerprint density at radius 2 is 1.54 bits per heavy atom. The van der Waals surface area contributed by atoms with Crippen LogP contribution < -0.4 is 10.2 Å². The lowest BCUT2D eigenvalue weighted by atomic mass is 10.2. The lowest BCUT2D eigenvalue weighted by molar-refractivity contribution is 0.156. The molecule has 1 fully saturated rings. The summed E-state index contributed by atoms with van der Waals surface area (Å²) in [4.78, 5) is 16.6. The minimum absolute atomic E-state index is 0.382. The Morgan fingerprint density at radius 1 is 0.885 bits per heavy atom. The van der Waals surface area contributed by atoms with Crippen molar-refractivity contribution in [2.75, 3.05) is 49.5 Å². The number of rotatable bonds is 7. The monoisotopic (exact) mass is 353 g/mol. The lowest BCUT2D eigenvalue weighted by Crippen LogP contribution is -2.46. The van der Waals surface area contributed by atoms with Crippen molar-refractivity contribution in [3.63, 3.8) is 0 Å². The molecule has 1 aliphatic heterocycles. The predicted molar refractivity (Wildman–Crippen MR) is 106 cm³/mol. The number of unbranched alkanes of at least 4 members (excludes halogenated alkanes) is 1. The van der Waals surface area contributed by atoms with Crippen LogP contribution in [-0.4, -0.2) is 50.3 Å². The summed E-state index contributed by atoms with van der Waals surface area (Å²) in [6.45, 7) is 5.84. The smallest absolute Gasteiger partial charge is 0.411 e. The van der Waals surface area contributed by atoms with Gasteiger partial charge in [-0.05, 0) is 43.7 Å². The second kappa shape index (κ2) is 9.82. The van der Waals surface area contributed by atoms with E-state index in [4.69, 9.17) is 4.74 Å². The second-order valence-electron chi connectivity index (χ2n) is 6.50.